The molecule has 28 heavy (non-hydrogen) atoms. The van der Waals surface area contributed by atoms with E-state index in [1.54, 1.807) is 54.3 Å². The first kappa shape index (κ1) is 19.3. The van der Waals surface area contributed by atoms with E-state index in [2.05, 4.69) is 11.9 Å². The van der Waals surface area contributed by atoms with Gasteiger partial charge in [-0.1, -0.05) is 18.2 Å². The smallest absolute Gasteiger partial charge is 0.268 e. The molecule has 1 N–H and O–H groups in total. The number of anilines is 2. The molecule has 3 rings (SSSR count). The SMILES string of the molecule is C=CCN1C(=O)C(C)Oc2ccc(NC(=O)COc3ccccc3OC)cc21. The molecule has 7 nitrogen and oxygen atoms in total. The average Bonchev–Trinajstić information content (AvgIpc) is 2.70. The lowest BCUT2D eigenvalue weighted by Crippen LogP contribution is -2.44. The molecule has 1 aliphatic heterocycles. The third-order valence-electron chi connectivity index (χ3n) is 4.19. The molecule has 0 saturated heterocycles. The zero-order valence-corrected chi connectivity index (χ0v) is 15.8. The molecule has 1 heterocycles. The van der Waals surface area contributed by atoms with Crippen molar-refractivity contribution in [1.29, 1.82) is 0 Å². The maximum Gasteiger partial charge on any atom is 0.268 e. The summed E-state index contributed by atoms with van der Waals surface area (Å²) >= 11 is 0. The summed E-state index contributed by atoms with van der Waals surface area (Å²) in [6.07, 6.45) is 1.08. The lowest BCUT2D eigenvalue weighted by atomic mass is 10.1. The fourth-order valence-electron chi connectivity index (χ4n) is 2.88. The summed E-state index contributed by atoms with van der Waals surface area (Å²) in [5, 5.41) is 2.76. The van der Waals surface area contributed by atoms with Crippen molar-refractivity contribution < 1.29 is 23.8 Å². The molecule has 146 valence electrons. The Balaban J connectivity index is 1.70. The molecule has 0 saturated carbocycles. The molecular formula is C21H22N2O5. The molecular weight excluding hydrogens is 360 g/mol. The molecule has 0 fully saturated rings. The maximum atomic E-state index is 12.4. The molecule has 2 aromatic rings. The Morgan fingerprint density at radius 1 is 1.29 bits per heavy atom. The minimum absolute atomic E-state index is 0.157. The van der Waals surface area contributed by atoms with Crippen molar-refractivity contribution in [2.45, 2.75) is 13.0 Å². The third kappa shape index (κ3) is 4.09. The number of amides is 2. The zero-order valence-electron chi connectivity index (χ0n) is 15.8. The highest BCUT2D eigenvalue weighted by Gasteiger charge is 2.31. The summed E-state index contributed by atoms with van der Waals surface area (Å²) in [5.41, 5.74) is 1.12. The fourth-order valence-corrected chi connectivity index (χ4v) is 2.88. The number of nitrogens with one attached hydrogen (secondary N) is 1. The largest absolute Gasteiger partial charge is 0.493 e. The van der Waals surface area contributed by atoms with E-state index in [0.29, 0.717) is 35.2 Å². The second kappa shape index (κ2) is 8.47. The van der Waals surface area contributed by atoms with Gasteiger partial charge >= 0.3 is 0 Å². The van der Waals surface area contributed by atoms with Gasteiger partial charge in [-0.25, -0.2) is 0 Å². The molecule has 2 amide bonds. The van der Waals surface area contributed by atoms with Gasteiger partial charge in [0.25, 0.3) is 11.8 Å². The van der Waals surface area contributed by atoms with Crippen LogP contribution in [-0.2, 0) is 9.59 Å². The number of ether oxygens (including phenoxy) is 3. The number of carbonyl (C=O) groups excluding carboxylic acids is 2. The number of nitrogens with zero attached hydrogens (tertiary/aromatic N) is 1. The van der Waals surface area contributed by atoms with Crippen LogP contribution in [0.4, 0.5) is 11.4 Å². The number of benzene rings is 2. The Morgan fingerprint density at radius 2 is 2.04 bits per heavy atom. The molecule has 0 radical (unpaired) electrons. The fraction of sp³-hybridized carbons (Fsp3) is 0.238. The Morgan fingerprint density at radius 3 is 2.75 bits per heavy atom. The first-order valence-electron chi connectivity index (χ1n) is 8.82. The molecule has 2 aromatic carbocycles. The quantitative estimate of drug-likeness (QED) is 0.745. The number of methoxy groups -OCH3 is 1. The summed E-state index contributed by atoms with van der Waals surface area (Å²) in [7, 11) is 1.54. The maximum absolute atomic E-state index is 12.4. The van der Waals surface area contributed by atoms with Crippen LogP contribution in [0.3, 0.4) is 0 Å². The highest BCUT2D eigenvalue weighted by molar-refractivity contribution is 6.01. The minimum atomic E-state index is -0.567. The predicted octanol–water partition coefficient (Wildman–Crippen LogP) is 3.01. The second-order valence-corrected chi connectivity index (χ2v) is 6.17. The van der Waals surface area contributed by atoms with Crippen LogP contribution >= 0.6 is 0 Å². The highest BCUT2D eigenvalue weighted by atomic mass is 16.5. The van der Waals surface area contributed by atoms with Crippen LogP contribution < -0.4 is 24.4 Å². The predicted molar refractivity (Wildman–Crippen MR) is 106 cm³/mol. The molecule has 0 aromatic heterocycles. The van der Waals surface area contributed by atoms with Gasteiger partial charge in [-0.05, 0) is 37.3 Å². The number of para-hydroxylation sites is 2. The van der Waals surface area contributed by atoms with Crippen LogP contribution in [-0.4, -0.2) is 38.2 Å². The first-order valence-corrected chi connectivity index (χ1v) is 8.82. The van der Waals surface area contributed by atoms with E-state index < -0.39 is 6.10 Å². The van der Waals surface area contributed by atoms with Gasteiger partial charge in [0.1, 0.15) is 5.75 Å². The lowest BCUT2D eigenvalue weighted by molar-refractivity contribution is -0.125. The molecule has 1 atom stereocenters. The van der Waals surface area contributed by atoms with Crippen LogP contribution in [0.25, 0.3) is 0 Å². The van der Waals surface area contributed by atoms with E-state index in [0.717, 1.165) is 0 Å². The number of hydrogen-bond acceptors (Lipinski definition) is 5. The Bertz CT molecular complexity index is 896. The highest BCUT2D eigenvalue weighted by Crippen LogP contribution is 2.36. The van der Waals surface area contributed by atoms with E-state index >= 15 is 0 Å². The molecule has 1 aliphatic rings. The minimum Gasteiger partial charge on any atom is -0.493 e. The van der Waals surface area contributed by atoms with Gasteiger partial charge in [0.2, 0.25) is 0 Å². The van der Waals surface area contributed by atoms with Crippen molar-refractivity contribution in [2.75, 3.05) is 30.5 Å². The van der Waals surface area contributed by atoms with Gasteiger partial charge < -0.3 is 24.4 Å². The van der Waals surface area contributed by atoms with E-state index in [4.69, 9.17) is 14.2 Å². The lowest BCUT2D eigenvalue weighted by Gasteiger charge is -2.32. The second-order valence-electron chi connectivity index (χ2n) is 6.17. The zero-order chi connectivity index (χ0) is 20.1. The van der Waals surface area contributed by atoms with Gasteiger partial charge in [-0.15, -0.1) is 6.58 Å². The van der Waals surface area contributed by atoms with Crippen molar-refractivity contribution in [2.24, 2.45) is 0 Å². The number of carbonyl (C=O) groups is 2. The Kier molecular flexibility index (Phi) is 5.84. The molecule has 0 spiro atoms. The van der Waals surface area contributed by atoms with Crippen molar-refractivity contribution in [1.82, 2.24) is 0 Å². The van der Waals surface area contributed by atoms with E-state index in [-0.39, 0.29) is 18.4 Å². The van der Waals surface area contributed by atoms with Gasteiger partial charge in [0.15, 0.2) is 24.2 Å². The van der Waals surface area contributed by atoms with E-state index in [1.807, 2.05) is 6.07 Å². The summed E-state index contributed by atoms with van der Waals surface area (Å²) in [4.78, 5) is 26.2. The summed E-state index contributed by atoms with van der Waals surface area (Å²) in [6.45, 7) is 5.57. The molecule has 0 aliphatic carbocycles. The van der Waals surface area contributed by atoms with Gasteiger partial charge in [0.05, 0.1) is 12.8 Å². The molecule has 1 unspecified atom stereocenters. The summed E-state index contributed by atoms with van der Waals surface area (Å²) < 4.78 is 16.4. The van der Waals surface area contributed by atoms with Gasteiger partial charge in [-0.2, -0.15) is 0 Å². The summed E-state index contributed by atoms with van der Waals surface area (Å²) in [5.74, 6) is 1.12. The van der Waals surface area contributed by atoms with E-state index in [1.165, 1.54) is 7.11 Å². The van der Waals surface area contributed by atoms with Crippen LogP contribution in [0.1, 0.15) is 6.92 Å². The topological polar surface area (TPSA) is 77.1 Å². The van der Waals surface area contributed by atoms with Crippen molar-refractivity contribution in [3.05, 3.63) is 55.1 Å². The van der Waals surface area contributed by atoms with Gasteiger partial charge in [-0.3, -0.25) is 9.59 Å². The van der Waals surface area contributed by atoms with Crippen LogP contribution in [0.5, 0.6) is 17.2 Å². The monoisotopic (exact) mass is 382 g/mol. The Hall–Kier alpha value is -3.48. The van der Waals surface area contributed by atoms with Gasteiger partial charge in [0, 0.05) is 12.2 Å². The average molecular weight is 382 g/mol. The van der Waals surface area contributed by atoms with Crippen molar-refractivity contribution in [3.8, 4) is 17.2 Å². The summed E-state index contributed by atoms with van der Waals surface area (Å²) in [6, 6.07) is 12.2. The third-order valence-corrected chi connectivity index (χ3v) is 4.19. The standard InChI is InChI=1S/C21H22N2O5/c1-4-11-23-16-12-15(9-10-17(16)28-14(2)21(23)25)22-20(24)13-27-19-8-6-5-7-18(19)26-3/h4-10,12,14H,1,11,13H2,2-3H3,(H,22,24). The van der Waals surface area contributed by atoms with Crippen LogP contribution in [0.2, 0.25) is 0 Å². The number of rotatable bonds is 7. The normalized spacial score (nSPS) is 15.3. The number of hydrogen-bond donors (Lipinski definition) is 1. The van der Waals surface area contributed by atoms with Crippen LogP contribution in [0.15, 0.2) is 55.1 Å². The number of fused-ring (bicyclic) bond motifs is 1. The Labute approximate surface area is 163 Å². The molecule has 0 bridgehead atoms. The van der Waals surface area contributed by atoms with Crippen molar-refractivity contribution >= 4 is 23.2 Å². The first-order chi connectivity index (χ1) is 13.5. The molecule has 7 heteroatoms. The van der Waals surface area contributed by atoms with Crippen LogP contribution in [0, 0.1) is 0 Å². The van der Waals surface area contributed by atoms with E-state index in [9.17, 15) is 9.59 Å². The van der Waals surface area contributed by atoms with Crippen molar-refractivity contribution in [3.63, 3.8) is 0 Å².